The number of aryl methyl sites for hydroxylation is 1. The van der Waals surface area contributed by atoms with Crippen LogP contribution in [0.3, 0.4) is 0 Å². The number of benzene rings is 2. The standard InChI is InChI=1S/C17H15NOS/c1-11-3-8-16-14(9-11)15(10-19)17(18-16)12-4-6-13(20-2)7-5-12/h3-10,18H,1-2H3. The molecule has 0 saturated carbocycles. The zero-order chi connectivity index (χ0) is 14.1. The van der Waals surface area contributed by atoms with Crippen molar-refractivity contribution in [3.8, 4) is 11.3 Å². The molecule has 3 heteroatoms. The molecule has 20 heavy (non-hydrogen) atoms. The zero-order valence-electron chi connectivity index (χ0n) is 11.4. The lowest BCUT2D eigenvalue weighted by Gasteiger charge is -2.01. The Hall–Kier alpha value is -2.00. The average molecular weight is 281 g/mol. The van der Waals surface area contributed by atoms with Gasteiger partial charge >= 0.3 is 0 Å². The Labute approximate surface area is 122 Å². The van der Waals surface area contributed by atoms with E-state index in [1.54, 1.807) is 11.8 Å². The third kappa shape index (κ3) is 2.14. The third-order valence-electron chi connectivity index (χ3n) is 3.49. The first-order valence-electron chi connectivity index (χ1n) is 6.45. The molecule has 0 bridgehead atoms. The predicted octanol–water partition coefficient (Wildman–Crippen LogP) is 4.68. The topological polar surface area (TPSA) is 32.9 Å². The molecule has 2 nitrogen and oxygen atoms in total. The third-order valence-corrected chi connectivity index (χ3v) is 4.23. The van der Waals surface area contributed by atoms with Crippen molar-refractivity contribution in [3.05, 3.63) is 53.6 Å². The molecule has 0 fully saturated rings. The Morgan fingerprint density at radius 2 is 1.85 bits per heavy atom. The molecule has 100 valence electrons. The summed E-state index contributed by atoms with van der Waals surface area (Å²) in [7, 11) is 0. The lowest BCUT2D eigenvalue weighted by atomic mass is 10.1. The fourth-order valence-electron chi connectivity index (χ4n) is 2.43. The second-order valence-electron chi connectivity index (χ2n) is 4.81. The van der Waals surface area contributed by atoms with Crippen molar-refractivity contribution < 1.29 is 4.79 Å². The number of hydrogen-bond donors (Lipinski definition) is 1. The number of H-pyrrole nitrogens is 1. The minimum Gasteiger partial charge on any atom is -0.354 e. The average Bonchev–Trinajstić information content (AvgIpc) is 2.85. The maximum Gasteiger partial charge on any atom is 0.152 e. The molecule has 0 amide bonds. The fourth-order valence-corrected chi connectivity index (χ4v) is 2.84. The van der Waals surface area contributed by atoms with Gasteiger partial charge in [-0.2, -0.15) is 0 Å². The first-order chi connectivity index (χ1) is 9.72. The number of aldehydes is 1. The van der Waals surface area contributed by atoms with Gasteiger partial charge in [-0.3, -0.25) is 4.79 Å². The predicted molar refractivity (Wildman–Crippen MR) is 85.6 cm³/mol. The number of fused-ring (bicyclic) bond motifs is 1. The summed E-state index contributed by atoms with van der Waals surface area (Å²) >= 11 is 1.71. The molecule has 0 aliphatic heterocycles. The van der Waals surface area contributed by atoms with Crippen LogP contribution in [0.25, 0.3) is 22.2 Å². The van der Waals surface area contributed by atoms with Crippen molar-refractivity contribution in [3.63, 3.8) is 0 Å². The maximum absolute atomic E-state index is 11.5. The highest BCUT2D eigenvalue weighted by Gasteiger charge is 2.12. The highest BCUT2D eigenvalue weighted by molar-refractivity contribution is 7.98. The fraction of sp³-hybridized carbons (Fsp3) is 0.118. The van der Waals surface area contributed by atoms with Gasteiger partial charge < -0.3 is 4.98 Å². The number of hydrogen-bond acceptors (Lipinski definition) is 2. The van der Waals surface area contributed by atoms with Gasteiger partial charge in [0.25, 0.3) is 0 Å². The van der Waals surface area contributed by atoms with Crippen LogP contribution in [0.15, 0.2) is 47.4 Å². The van der Waals surface area contributed by atoms with Crippen LogP contribution >= 0.6 is 11.8 Å². The van der Waals surface area contributed by atoms with Gasteiger partial charge in [0.15, 0.2) is 6.29 Å². The molecular weight excluding hydrogens is 266 g/mol. The molecule has 0 spiro atoms. The van der Waals surface area contributed by atoms with Gasteiger partial charge in [-0.1, -0.05) is 23.8 Å². The van der Waals surface area contributed by atoms with Crippen LogP contribution < -0.4 is 0 Å². The molecule has 1 aromatic heterocycles. The molecule has 3 aromatic rings. The van der Waals surface area contributed by atoms with Crippen LogP contribution in [0.4, 0.5) is 0 Å². The minimum absolute atomic E-state index is 0.737. The second kappa shape index (κ2) is 5.17. The van der Waals surface area contributed by atoms with Gasteiger partial charge in [-0.15, -0.1) is 11.8 Å². The molecule has 0 aliphatic carbocycles. The number of carbonyl (C=O) groups is 1. The molecule has 0 unspecified atom stereocenters. The summed E-state index contributed by atoms with van der Waals surface area (Å²) in [5.41, 5.74) is 4.83. The van der Waals surface area contributed by atoms with E-state index in [0.29, 0.717) is 0 Å². The van der Waals surface area contributed by atoms with Crippen LogP contribution in [0.5, 0.6) is 0 Å². The number of thioether (sulfide) groups is 1. The lowest BCUT2D eigenvalue weighted by Crippen LogP contribution is -1.84. The highest BCUT2D eigenvalue weighted by atomic mass is 32.2. The Bertz CT molecular complexity index is 772. The monoisotopic (exact) mass is 281 g/mol. The molecule has 3 rings (SSSR count). The summed E-state index contributed by atoms with van der Waals surface area (Å²) in [4.78, 5) is 16.1. The van der Waals surface area contributed by atoms with Crippen molar-refractivity contribution in [2.45, 2.75) is 11.8 Å². The van der Waals surface area contributed by atoms with Crippen molar-refractivity contribution in [1.29, 1.82) is 0 Å². The minimum atomic E-state index is 0.737. The summed E-state index contributed by atoms with van der Waals surface area (Å²) in [6.07, 6.45) is 2.99. The highest BCUT2D eigenvalue weighted by Crippen LogP contribution is 2.30. The van der Waals surface area contributed by atoms with E-state index in [-0.39, 0.29) is 0 Å². The van der Waals surface area contributed by atoms with Gasteiger partial charge in [-0.25, -0.2) is 0 Å². The van der Waals surface area contributed by atoms with E-state index < -0.39 is 0 Å². The molecule has 1 heterocycles. The number of aromatic nitrogens is 1. The molecule has 0 radical (unpaired) electrons. The molecule has 0 saturated heterocycles. The summed E-state index contributed by atoms with van der Waals surface area (Å²) in [6.45, 7) is 2.04. The van der Waals surface area contributed by atoms with E-state index in [0.717, 1.165) is 39.6 Å². The van der Waals surface area contributed by atoms with Crippen molar-refractivity contribution in [2.75, 3.05) is 6.26 Å². The van der Waals surface area contributed by atoms with E-state index in [2.05, 4.69) is 41.6 Å². The first kappa shape index (κ1) is 13.0. The van der Waals surface area contributed by atoms with E-state index >= 15 is 0 Å². The Kier molecular flexibility index (Phi) is 3.36. The van der Waals surface area contributed by atoms with Gasteiger partial charge in [0, 0.05) is 21.4 Å². The number of aromatic amines is 1. The van der Waals surface area contributed by atoms with Crippen LogP contribution in [0, 0.1) is 6.92 Å². The second-order valence-corrected chi connectivity index (χ2v) is 5.69. The van der Waals surface area contributed by atoms with E-state index in [1.807, 2.05) is 19.1 Å². The SMILES string of the molecule is CSc1ccc(-c2[nH]c3ccc(C)cc3c2C=O)cc1. The van der Waals surface area contributed by atoms with E-state index in [1.165, 1.54) is 4.90 Å². The van der Waals surface area contributed by atoms with Crippen LogP contribution in [0.1, 0.15) is 15.9 Å². The molecular formula is C17H15NOS. The number of rotatable bonds is 3. The first-order valence-corrected chi connectivity index (χ1v) is 7.67. The smallest absolute Gasteiger partial charge is 0.152 e. The zero-order valence-corrected chi connectivity index (χ0v) is 12.3. The number of nitrogens with one attached hydrogen (secondary N) is 1. The Balaban J connectivity index is 2.21. The summed E-state index contributed by atoms with van der Waals surface area (Å²) in [6, 6.07) is 14.4. The summed E-state index contributed by atoms with van der Waals surface area (Å²) < 4.78 is 0. The van der Waals surface area contributed by atoms with Crippen molar-refractivity contribution >= 4 is 29.0 Å². The van der Waals surface area contributed by atoms with Crippen LogP contribution in [-0.2, 0) is 0 Å². The van der Waals surface area contributed by atoms with Crippen LogP contribution in [-0.4, -0.2) is 17.5 Å². The Morgan fingerprint density at radius 3 is 2.50 bits per heavy atom. The van der Waals surface area contributed by atoms with E-state index in [9.17, 15) is 4.79 Å². The Morgan fingerprint density at radius 1 is 1.10 bits per heavy atom. The quantitative estimate of drug-likeness (QED) is 0.558. The maximum atomic E-state index is 11.5. The molecule has 2 aromatic carbocycles. The number of carbonyl (C=O) groups excluding carboxylic acids is 1. The molecule has 1 N–H and O–H groups in total. The molecule has 0 atom stereocenters. The van der Waals surface area contributed by atoms with Gasteiger partial charge in [0.2, 0.25) is 0 Å². The normalized spacial score (nSPS) is 10.9. The van der Waals surface area contributed by atoms with Crippen LogP contribution in [0.2, 0.25) is 0 Å². The largest absolute Gasteiger partial charge is 0.354 e. The van der Waals surface area contributed by atoms with Crippen molar-refractivity contribution in [1.82, 2.24) is 4.98 Å². The van der Waals surface area contributed by atoms with Crippen molar-refractivity contribution in [2.24, 2.45) is 0 Å². The van der Waals surface area contributed by atoms with Gasteiger partial charge in [0.1, 0.15) is 0 Å². The van der Waals surface area contributed by atoms with E-state index in [4.69, 9.17) is 0 Å². The van der Waals surface area contributed by atoms with Gasteiger partial charge in [-0.05, 0) is 43.0 Å². The summed E-state index contributed by atoms with van der Waals surface area (Å²) in [5, 5.41) is 0.990. The lowest BCUT2D eigenvalue weighted by molar-refractivity contribution is 0.112. The van der Waals surface area contributed by atoms with Gasteiger partial charge in [0.05, 0.1) is 5.69 Å². The molecule has 0 aliphatic rings. The summed E-state index contributed by atoms with van der Waals surface area (Å²) in [5.74, 6) is 0.